The minimum atomic E-state index is 0.137. The molecule has 11 aromatic rings. The predicted molar refractivity (Wildman–Crippen MR) is 225 cm³/mol. The third-order valence-corrected chi connectivity index (χ3v) is 10.9. The molecule has 2 heterocycles. The van der Waals surface area contributed by atoms with Crippen LogP contribution in [0.15, 0.2) is 203 Å². The first kappa shape index (κ1) is 30.5. The highest BCUT2D eigenvalue weighted by molar-refractivity contribution is 6.21. The summed E-state index contributed by atoms with van der Waals surface area (Å²) >= 11 is 0. The Balaban J connectivity index is 1.01. The molecular formula is C51H33NO2. The van der Waals surface area contributed by atoms with Crippen molar-refractivity contribution in [1.82, 2.24) is 0 Å². The highest BCUT2D eigenvalue weighted by Gasteiger charge is 2.20. The summed E-state index contributed by atoms with van der Waals surface area (Å²) in [7, 11) is 0. The molecule has 54 heavy (non-hydrogen) atoms. The van der Waals surface area contributed by atoms with Gasteiger partial charge < -0.3 is 13.7 Å². The zero-order valence-electron chi connectivity index (χ0n) is 29.3. The molecule has 0 saturated carbocycles. The molecule has 0 aliphatic carbocycles. The van der Waals surface area contributed by atoms with Crippen LogP contribution in [-0.2, 0) is 0 Å². The van der Waals surface area contributed by atoms with Crippen molar-refractivity contribution < 1.29 is 8.83 Å². The summed E-state index contributed by atoms with van der Waals surface area (Å²) in [4.78, 5) is 2.29. The van der Waals surface area contributed by atoms with E-state index < -0.39 is 0 Å². The maximum atomic E-state index is 6.73. The molecule has 3 heteroatoms. The van der Waals surface area contributed by atoms with E-state index in [2.05, 4.69) is 199 Å². The van der Waals surface area contributed by atoms with E-state index in [4.69, 9.17) is 8.83 Å². The molecule has 0 fully saturated rings. The normalized spacial score (nSPS) is 11.9. The SMILES string of the molecule is c1ccc(C(c2ccccc2)c2ccc3c(ccc4c5cc6oc7c8ccc(N(c9ccccc9)c9ccccc9)cc8ccc7c6cc5oc34)c2)cc1. The van der Waals surface area contributed by atoms with Crippen molar-refractivity contribution in [1.29, 1.82) is 0 Å². The van der Waals surface area contributed by atoms with Gasteiger partial charge in [-0.05, 0) is 94.2 Å². The van der Waals surface area contributed by atoms with Crippen LogP contribution in [0.4, 0.5) is 17.1 Å². The van der Waals surface area contributed by atoms with Gasteiger partial charge in [0.2, 0.25) is 0 Å². The second-order valence-corrected chi connectivity index (χ2v) is 14.1. The Labute approximate surface area is 311 Å². The van der Waals surface area contributed by atoms with Crippen LogP contribution in [0.1, 0.15) is 22.6 Å². The first-order chi connectivity index (χ1) is 26.8. The highest BCUT2D eigenvalue weighted by Crippen LogP contribution is 2.43. The number of para-hydroxylation sites is 2. The van der Waals surface area contributed by atoms with Gasteiger partial charge in [-0.2, -0.15) is 0 Å². The van der Waals surface area contributed by atoms with Gasteiger partial charge in [-0.1, -0.05) is 127 Å². The summed E-state index contributed by atoms with van der Waals surface area (Å²) in [6.07, 6.45) is 0. The van der Waals surface area contributed by atoms with Crippen molar-refractivity contribution in [3.63, 3.8) is 0 Å². The van der Waals surface area contributed by atoms with Crippen molar-refractivity contribution in [2.75, 3.05) is 4.90 Å². The Bertz CT molecular complexity index is 2850. The predicted octanol–water partition coefficient (Wildman–Crippen LogP) is 14.4. The van der Waals surface area contributed by atoms with E-state index in [0.717, 1.165) is 82.5 Å². The third-order valence-electron chi connectivity index (χ3n) is 10.9. The van der Waals surface area contributed by atoms with E-state index in [-0.39, 0.29) is 5.92 Å². The molecular weight excluding hydrogens is 659 g/mol. The van der Waals surface area contributed by atoms with E-state index in [1.807, 2.05) is 0 Å². The van der Waals surface area contributed by atoms with Gasteiger partial charge in [0.15, 0.2) is 0 Å². The van der Waals surface area contributed by atoms with Crippen molar-refractivity contribution in [3.8, 4) is 0 Å². The van der Waals surface area contributed by atoms with E-state index in [1.165, 1.54) is 16.7 Å². The fraction of sp³-hybridized carbons (Fsp3) is 0.0196. The Hall–Kier alpha value is -7.10. The van der Waals surface area contributed by atoms with Crippen LogP contribution in [0.25, 0.3) is 65.4 Å². The number of hydrogen-bond donors (Lipinski definition) is 0. The first-order valence-electron chi connectivity index (χ1n) is 18.4. The van der Waals surface area contributed by atoms with Gasteiger partial charge in [-0.25, -0.2) is 0 Å². The quantitative estimate of drug-likeness (QED) is 0.163. The van der Waals surface area contributed by atoms with Crippen LogP contribution in [0, 0.1) is 0 Å². The molecule has 0 bridgehead atoms. The number of nitrogens with zero attached hydrogens (tertiary/aromatic N) is 1. The van der Waals surface area contributed by atoms with Crippen molar-refractivity contribution >= 4 is 82.5 Å². The molecule has 3 nitrogen and oxygen atoms in total. The average molecular weight is 692 g/mol. The maximum absolute atomic E-state index is 6.73. The Morgan fingerprint density at radius 3 is 1.28 bits per heavy atom. The lowest BCUT2D eigenvalue weighted by Gasteiger charge is -2.25. The lowest BCUT2D eigenvalue weighted by molar-refractivity contribution is 0.667. The Morgan fingerprint density at radius 2 is 0.759 bits per heavy atom. The zero-order chi connectivity index (χ0) is 35.6. The molecule has 0 radical (unpaired) electrons. The van der Waals surface area contributed by atoms with Crippen molar-refractivity contribution in [2.24, 2.45) is 0 Å². The third kappa shape index (κ3) is 4.90. The van der Waals surface area contributed by atoms with E-state index in [9.17, 15) is 0 Å². The van der Waals surface area contributed by atoms with Gasteiger partial charge in [0.05, 0.1) is 0 Å². The van der Waals surface area contributed by atoms with Gasteiger partial charge in [0.1, 0.15) is 22.3 Å². The fourth-order valence-corrected chi connectivity index (χ4v) is 8.41. The van der Waals surface area contributed by atoms with Crippen molar-refractivity contribution in [2.45, 2.75) is 5.92 Å². The molecule has 2 aromatic heterocycles. The molecule has 9 aromatic carbocycles. The van der Waals surface area contributed by atoms with Gasteiger partial charge in [0.25, 0.3) is 0 Å². The second-order valence-electron chi connectivity index (χ2n) is 14.1. The van der Waals surface area contributed by atoms with Crippen LogP contribution < -0.4 is 4.90 Å². The Morgan fingerprint density at radius 1 is 0.315 bits per heavy atom. The monoisotopic (exact) mass is 691 g/mol. The highest BCUT2D eigenvalue weighted by atomic mass is 16.3. The largest absolute Gasteiger partial charge is 0.455 e. The van der Waals surface area contributed by atoms with Crippen LogP contribution in [0.2, 0.25) is 0 Å². The molecule has 0 spiro atoms. The summed E-state index contributed by atoms with van der Waals surface area (Å²) in [5, 5.41) is 8.76. The topological polar surface area (TPSA) is 29.5 Å². The lowest BCUT2D eigenvalue weighted by atomic mass is 9.84. The fourth-order valence-electron chi connectivity index (χ4n) is 8.41. The summed E-state index contributed by atoms with van der Waals surface area (Å²) < 4.78 is 13.4. The Kier molecular flexibility index (Phi) is 6.93. The molecule has 0 unspecified atom stereocenters. The van der Waals surface area contributed by atoms with Gasteiger partial charge in [-0.15, -0.1) is 0 Å². The molecule has 0 aliphatic rings. The van der Waals surface area contributed by atoms with Crippen LogP contribution in [-0.4, -0.2) is 0 Å². The smallest absolute Gasteiger partial charge is 0.143 e. The number of benzene rings is 9. The molecule has 0 atom stereocenters. The zero-order valence-corrected chi connectivity index (χ0v) is 29.3. The van der Waals surface area contributed by atoms with Crippen LogP contribution in [0.5, 0.6) is 0 Å². The maximum Gasteiger partial charge on any atom is 0.143 e. The summed E-state index contributed by atoms with van der Waals surface area (Å²) in [6, 6.07) is 69.1. The second kappa shape index (κ2) is 12.3. The van der Waals surface area contributed by atoms with E-state index in [0.29, 0.717) is 0 Å². The first-order valence-corrected chi connectivity index (χ1v) is 18.4. The van der Waals surface area contributed by atoms with E-state index >= 15 is 0 Å². The molecule has 254 valence electrons. The van der Waals surface area contributed by atoms with Crippen LogP contribution in [0.3, 0.4) is 0 Å². The van der Waals surface area contributed by atoms with Gasteiger partial charge in [0, 0.05) is 55.3 Å². The van der Waals surface area contributed by atoms with Gasteiger partial charge in [-0.3, -0.25) is 0 Å². The summed E-state index contributed by atoms with van der Waals surface area (Å²) in [5.41, 5.74) is 10.6. The number of rotatable bonds is 6. The molecule has 0 N–H and O–H groups in total. The standard InChI is InChI=1S/C51H33NO2/c1-5-13-33(14-6-1)49(34-15-7-2-8-16-34)37-23-25-41-35(29-37)21-26-43-45-31-48-46(32-47(45)53-50(41)43)44-27-22-36-30-40(24-28-42(36)51(44)54-48)52(38-17-9-3-10-18-38)39-19-11-4-12-20-39/h1-32,49H. The summed E-state index contributed by atoms with van der Waals surface area (Å²) in [6.45, 7) is 0. The van der Waals surface area contributed by atoms with E-state index in [1.54, 1.807) is 0 Å². The van der Waals surface area contributed by atoms with Crippen molar-refractivity contribution in [3.05, 3.63) is 211 Å². The summed E-state index contributed by atoms with van der Waals surface area (Å²) in [5.74, 6) is 0.137. The minimum absolute atomic E-state index is 0.137. The number of fused-ring (bicyclic) bond motifs is 10. The average Bonchev–Trinajstić information content (AvgIpc) is 3.79. The molecule has 11 rings (SSSR count). The number of hydrogen-bond acceptors (Lipinski definition) is 3. The number of furan rings is 2. The lowest BCUT2D eigenvalue weighted by Crippen LogP contribution is -2.09. The molecule has 0 aliphatic heterocycles. The van der Waals surface area contributed by atoms with Crippen LogP contribution >= 0.6 is 0 Å². The van der Waals surface area contributed by atoms with Gasteiger partial charge >= 0.3 is 0 Å². The minimum Gasteiger partial charge on any atom is -0.455 e. The molecule has 0 amide bonds. The molecule has 0 saturated heterocycles. The number of anilines is 3.